The number of hydrogen-bond acceptors (Lipinski definition) is 6. The Hall–Kier alpha value is -3.23. The lowest BCUT2D eigenvalue weighted by Crippen LogP contribution is -2.54. The van der Waals surface area contributed by atoms with Gasteiger partial charge in [0.25, 0.3) is 17.7 Å². The average molecular weight is 415 g/mol. The number of nitrogens with one attached hydrogen (secondary N) is 2. The highest BCUT2D eigenvalue weighted by atomic mass is 16.5. The molecule has 160 valence electrons. The molecule has 2 N–H and O–H groups in total. The van der Waals surface area contributed by atoms with Gasteiger partial charge in [-0.3, -0.25) is 34.2 Å². The average Bonchev–Trinajstić information content (AvgIpc) is 2.95. The molecule has 2 heterocycles. The van der Waals surface area contributed by atoms with Gasteiger partial charge >= 0.3 is 0 Å². The second kappa shape index (κ2) is 9.06. The predicted molar refractivity (Wildman–Crippen MR) is 106 cm³/mol. The van der Waals surface area contributed by atoms with Crippen molar-refractivity contribution >= 4 is 29.5 Å². The zero-order chi connectivity index (χ0) is 21.8. The fourth-order valence-electron chi connectivity index (χ4n) is 3.54. The summed E-state index contributed by atoms with van der Waals surface area (Å²) in [5.41, 5.74) is 0.138. The molecular weight excluding hydrogens is 390 g/mol. The first kappa shape index (κ1) is 21.5. The molecule has 2 aliphatic rings. The number of benzene rings is 1. The minimum absolute atomic E-state index is 0.0276. The first-order valence-corrected chi connectivity index (χ1v) is 10.0. The van der Waals surface area contributed by atoms with Crippen LogP contribution in [0.4, 0.5) is 0 Å². The van der Waals surface area contributed by atoms with Crippen LogP contribution in [0, 0.1) is 5.92 Å². The molecule has 1 atom stereocenters. The zero-order valence-electron chi connectivity index (χ0n) is 17.0. The minimum Gasteiger partial charge on any atom is -0.483 e. The molecule has 1 aromatic rings. The van der Waals surface area contributed by atoms with E-state index in [9.17, 15) is 24.0 Å². The van der Waals surface area contributed by atoms with E-state index in [2.05, 4.69) is 24.5 Å². The topological polar surface area (TPSA) is 122 Å². The highest BCUT2D eigenvalue weighted by Crippen LogP contribution is 2.33. The van der Waals surface area contributed by atoms with Crippen LogP contribution in [0.2, 0.25) is 0 Å². The van der Waals surface area contributed by atoms with E-state index in [-0.39, 0.29) is 42.2 Å². The number of imide groups is 2. The van der Waals surface area contributed by atoms with Gasteiger partial charge in [0.1, 0.15) is 11.8 Å². The van der Waals surface area contributed by atoms with Gasteiger partial charge in [0.2, 0.25) is 11.8 Å². The van der Waals surface area contributed by atoms with E-state index in [1.165, 1.54) is 12.1 Å². The van der Waals surface area contributed by atoms with E-state index in [1.807, 2.05) is 0 Å². The number of nitrogens with zero attached hydrogens (tertiary/aromatic N) is 1. The summed E-state index contributed by atoms with van der Waals surface area (Å²) in [5, 5.41) is 4.91. The summed E-state index contributed by atoms with van der Waals surface area (Å²) in [6, 6.07) is 3.48. The molecule has 0 aliphatic carbocycles. The van der Waals surface area contributed by atoms with Gasteiger partial charge in [-0.1, -0.05) is 19.9 Å². The Kier molecular flexibility index (Phi) is 6.49. The fraction of sp³-hybridized carbons (Fsp3) is 0.476. The predicted octanol–water partition coefficient (Wildman–Crippen LogP) is 1.02. The minimum atomic E-state index is -1.05. The van der Waals surface area contributed by atoms with E-state index < -0.39 is 29.7 Å². The van der Waals surface area contributed by atoms with Gasteiger partial charge in [0.15, 0.2) is 6.61 Å². The van der Waals surface area contributed by atoms with Crippen LogP contribution in [0.5, 0.6) is 5.75 Å². The van der Waals surface area contributed by atoms with Crippen LogP contribution in [-0.4, -0.2) is 53.6 Å². The van der Waals surface area contributed by atoms with Crippen LogP contribution in [-0.2, 0) is 14.4 Å². The molecule has 1 saturated heterocycles. The third kappa shape index (κ3) is 4.50. The molecular formula is C21H25N3O6. The van der Waals surface area contributed by atoms with E-state index in [1.54, 1.807) is 6.07 Å². The maximum atomic E-state index is 12.9. The Bertz CT molecular complexity index is 895. The lowest BCUT2D eigenvalue weighted by Gasteiger charge is -2.27. The van der Waals surface area contributed by atoms with Crippen LogP contribution < -0.4 is 15.4 Å². The molecule has 0 spiro atoms. The normalized spacial score (nSPS) is 18.5. The molecule has 1 fully saturated rings. The van der Waals surface area contributed by atoms with Crippen molar-refractivity contribution in [1.29, 1.82) is 0 Å². The molecule has 0 radical (unpaired) electrons. The molecule has 3 rings (SSSR count). The summed E-state index contributed by atoms with van der Waals surface area (Å²) < 4.78 is 5.52. The summed E-state index contributed by atoms with van der Waals surface area (Å²) in [7, 11) is 0. The number of ether oxygens (including phenoxy) is 1. The number of amides is 5. The van der Waals surface area contributed by atoms with Crippen molar-refractivity contribution in [3.8, 4) is 5.75 Å². The van der Waals surface area contributed by atoms with Crippen LogP contribution in [0.3, 0.4) is 0 Å². The summed E-state index contributed by atoms with van der Waals surface area (Å²) in [4.78, 5) is 62.1. The molecule has 30 heavy (non-hydrogen) atoms. The number of fused-ring (bicyclic) bond motifs is 1. The van der Waals surface area contributed by atoms with Gasteiger partial charge in [0, 0.05) is 13.0 Å². The third-order valence-electron chi connectivity index (χ3n) is 5.07. The van der Waals surface area contributed by atoms with Crippen molar-refractivity contribution in [2.45, 2.75) is 45.6 Å². The summed E-state index contributed by atoms with van der Waals surface area (Å²) in [6.45, 7) is 4.46. The lowest BCUT2D eigenvalue weighted by atomic mass is 10.0. The van der Waals surface area contributed by atoms with Crippen molar-refractivity contribution in [1.82, 2.24) is 15.5 Å². The summed E-state index contributed by atoms with van der Waals surface area (Å²) in [5.74, 6) is -2.06. The van der Waals surface area contributed by atoms with Crippen molar-refractivity contribution in [3.63, 3.8) is 0 Å². The van der Waals surface area contributed by atoms with Crippen LogP contribution in [0.15, 0.2) is 18.2 Å². The van der Waals surface area contributed by atoms with E-state index in [4.69, 9.17) is 4.74 Å². The Morgan fingerprint density at radius 1 is 1.23 bits per heavy atom. The molecule has 2 aliphatic heterocycles. The van der Waals surface area contributed by atoms with Crippen LogP contribution >= 0.6 is 0 Å². The van der Waals surface area contributed by atoms with Crippen molar-refractivity contribution in [2.24, 2.45) is 5.92 Å². The first-order valence-electron chi connectivity index (χ1n) is 10.0. The Morgan fingerprint density at radius 3 is 2.70 bits per heavy atom. The second-order valence-corrected chi connectivity index (χ2v) is 7.80. The van der Waals surface area contributed by atoms with E-state index >= 15 is 0 Å². The van der Waals surface area contributed by atoms with Gasteiger partial charge in [-0.25, -0.2) is 0 Å². The molecule has 5 amide bonds. The Morgan fingerprint density at radius 2 is 2.00 bits per heavy atom. The number of piperidine rings is 1. The molecule has 9 nitrogen and oxygen atoms in total. The number of rotatable bonds is 8. The molecule has 0 bridgehead atoms. The van der Waals surface area contributed by atoms with E-state index in [0.717, 1.165) is 17.7 Å². The van der Waals surface area contributed by atoms with Gasteiger partial charge in [0.05, 0.1) is 11.1 Å². The number of carbonyl (C=O) groups is 5. The van der Waals surface area contributed by atoms with Gasteiger partial charge in [-0.15, -0.1) is 0 Å². The number of carbonyl (C=O) groups excluding carboxylic acids is 5. The first-order chi connectivity index (χ1) is 14.3. The van der Waals surface area contributed by atoms with Gasteiger partial charge in [-0.2, -0.15) is 0 Å². The maximum absolute atomic E-state index is 12.9. The molecule has 0 saturated carbocycles. The third-order valence-corrected chi connectivity index (χ3v) is 5.07. The smallest absolute Gasteiger partial charge is 0.266 e. The monoisotopic (exact) mass is 415 g/mol. The van der Waals surface area contributed by atoms with Crippen LogP contribution in [0.25, 0.3) is 0 Å². The van der Waals surface area contributed by atoms with Crippen molar-refractivity contribution < 1.29 is 28.7 Å². The second-order valence-electron chi connectivity index (χ2n) is 7.80. The maximum Gasteiger partial charge on any atom is 0.266 e. The molecule has 0 aromatic heterocycles. The Labute approximate surface area is 174 Å². The molecule has 1 aromatic carbocycles. The van der Waals surface area contributed by atoms with E-state index in [0.29, 0.717) is 12.5 Å². The molecule has 1 unspecified atom stereocenters. The fourth-order valence-corrected chi connectivity index (χ4v) is 3.54. The lowest BCUT2D eigenvalue weighted by molar-refractivity contribution is -0.136. The number of hydrogen-bond donors (Lipinski definition) is 2. The zero-order valence-corrected chi connectivity index (χ0v) is 17.0. The summed E-state index contributed by atoms with van der Waals surface area (Å²) in [6.07, 6.45) is 1.98. The Balaban J connectivity index is 1.67. The quantitative estimate of drug-likeness (QED) is 0.483. The van der Waals surface area contributed by atoms with Crippen molar-refractivity contribution in [3.05, 3.63) is 29.3 Å². The standard InChI is InChI=1S/C21H25N3O6/c1-12(2)5-4-10-22-17(26)11-30-15-7-3-6-13-18(15)21(29)24(20(13)28)14-8-9-16(25)23-19(14)27/h3,6-7,12,14H,4-5,8-11H2,1-2H3,(H,22,26)(H,23,25,27). The van der Waals surface area contributed by atoms with Gasteiger partial charge < -0.3 is 10.1 Å². The highest BCUT2D eigenvalue weighted by Gasteiger charge is 2.46. The summed E-state index contributed by atoms with van der Waals surface area (Å²) >= 11 is 0. The molecule has 9 heteroatoms. The van der Waals surface area contributed by atoms with Crippen molar-refractivity contribution in [2.75, 3.05) is 13.2 Å². The highest BCUT2D eigenvalue weighted by molar-refractivity contribution is 6.24. The largest absolute Gasteiger partial charge is 0.483 e. The SMILES string of the molecule is CC(C)CCCNC(=O)COc1cccc2c1C(=O)N(C1CCC(=O)NC1=O)C2=O. The van der Waals surface area contributed by atoms with Gasteiger partial charge in [-0.05, 0) is 37.3 Å². The van der Waals surface area contributed by atoms with Crippen LogP contribution in [0.1, 0.15) is 60.2 Å².